The van der Waals surface area contributed by atoms with Crippen molar-refractivity contribution in [1.29, 1.82) is 0 Å². The summed E-state index contributed by atoms with van der Waals surface area (Å²) in [6.45, 7) is 1.16. The third-order valence-electron chi connectivity index (χ3n) is 5.75. The highest BCUT2D eigenvalue weighted by atomic mass is 35.5. The third kappa shape index (κ3) is 5.02. The minimum Gasteiger partial charge on any atom is -0.394 e. The number of halogens is 1. The van der Waals surface area contributed by atoms with Gasteiger partial charge < -0.3 is 10.0 Å². The molecule has 1 amide bonds. The lowest BCUT2D eigenvalue weighted by molar-refractivity contribution is -0.138. The van der Waals surface area contributed by atoms with Crippen molar-refractivity contribution < 1.29 is 18.3 Å². The molecular weight excluding hydrogens is 388 g/mol. The summed E-state index contributed by atoms with van der Waals surface area (Å²) in [5.41, 5.74) is 0. The summed E-state index contributed by atoms with van der Waals surface area (Å²) < 4.78 is 27.4. The Kier molecular flexibility index (Phi) is 6.78. The molecule has 0 bridgehead atoms. The van der Waals surface area contributed by atoms with E-state index in [-0.39, 0.29) is 35.3 Å². The van der Waals surface area contributed by atoms with Crippen LogP contribution in [0, 0.1) is 11.8 Å². The fourth-order valence-electron chi connectivity index (χ4n) is 4.09. The van der Waals surface area contributed by atoms with Gasteiger partial charge in [0.1, 0.15) is 0 Å². The first-order valence-corrected chi connectivity index (χ1v) is 11.4. The van der Waals surface area contributed by atoms with E-state index in [4.69, 9.17) is 11.6 Å². The number of nitrogens with zero attached hydrogens (tertiary/aromatic N) is 1. The molecule has 1 saturated carbocycles. The number of benzene rings is 1. The maximum Gasteiger partial charge on any atom is 0.240 e. The van der Waals surface area contributed by atoms with Crippen LogP contribution in [0.2, 0.25) is 5.02 Å². The fraction of sp³-hybridized carbons (Fsp3) is 0.632. The van der Waals surface area contributed by atoms with Gasteiger partial charge in [-0.05, 0) is 68.7 Å². The molecule has 3 rings (SSSR count). The molecule has 6 nitrogen and oxygen atoms in total. The summed E-state index contributed by atoms with van der Waals surface area (Å²) in [4.78, 5) is 14.7. The van der Waals surface area contributed by atoms with E-state index in [2.05, 4.69) is 4.72 Å². The van der Waals surface area contributed by atoms with E-state index in [0.29, 0.717) is 11.6 Å². The van der Waals surface area contributed by atoms with E-state index in [1.165, 1.54) is 12.1 Å². The standard InChI is InChI=1S/C19H27ClN2O4S/c20-16-7-9-18(10-8-16)27(25,26)21-12-14-3-5-15(6-4-14)19(24)22-11-1-2-17(22)13-23/h7-10,14-15,17,21,23H,1-6,11-13H2/t14?,15?,17-/m1/s1. The number of aliphatic hydroxyl groups excluding tert-OH is 1. The first kappa shape index (κ1) is 20.6. The second-order valence-electron chi connectivity index (χ2n) is 7.53. The van der Waals surface area contributed by atoms with Crippen LogP contribution in [-0.2, 0) is 14.8 Å². The molecular formula is C19H27ClN2O4S. The van der Waals surface area contributed by atoms with Crippen LogP contribution in [0.25, 0.3) is 0 Å². The van der Waals surface area contributed by atoms with Gasteiger partial charge in [0.05, 0.1) is 17.5 Å². The number of aliphatic hydroxyl groups is 1. The normalized spacial score (nSPS) is 26.3. The average molecular weight is 415 g/mol. The Labute approximate surface area is 165 Å². The van der Waals surface area contributed by atoms with Crippen molar-refractivity contribution in [2.75, 3.05) is 19.7 Å². The molecule has 1 atom stereocenters. The Hall–Kier alpha value is -1.15. The van der Waals surface area contributed by atoms with E-state index in [0.717, 1.165) is 45.1 Å². The van der Waals surface area contributed by atoms with Gasteiger partial charge in [-0.15, -0.1) is 0 Å². The highest BCUT2D eigenvalue weighted by molar-refractivity contribution is 7.89. The number of carbonyl (C=O) groups is 1. The lowest BCUT2D eigenvalue weighted by Crippen LogP contribution is -2.42. The summed E-state index contributed by atoms with van der Waals surface area (Å²) in [6, 6.07) is 6.08. The summed E-state index contributed by atoms with van der Waals surface area (Å²) in [6.07, 6.45) is 5.05. The molecule has 0 unspecified atom stereocenters. The van der Waals surface area contributed by atoms with Gasteiger partial charge in [-0.1, -0.05) is 11.6 Å². The van der Waals surface area contributed by atoms with E-state index in [1.54, 1.807) is 12.1 Å². The molecule has 2 aliphatic rings. The highest BCUT2D eigenvalue weighted by Crippen LogP contribution is 2.32. The summed E-state index contributed by atoms with van der Waals surface area (Å²) >= 11 is 5.80. The monoisotopic (exact) mass is 414 g/mol. The van der Waals surface area contributed by atoms with Crippen LogP contribution < -0.4 is 4.72 Å². The van der Waals surface area contributed by atoms with Crippen molar-refractivity contribution in [2.24, 2.45) is 11.8 Å². The minimum absolute atomic E-state index is 0.00118. The topological polar surface area (TPSA) is 86.7 Å². The first-order valence-electron chi connectivity index (χ1n) is 9.57. The SMILES string of the molecule is O=C(C1CCC(CNS(=O)(=O)c2ccc(Cl)cc2)CC1)N1CCC[C@@H]1CO. The number of nitrogens with one attached hydrogen (secondary N) is 1. The Morgan fingerprint density at radius 1 is 1.15 bits per heavy atom. The number of hydrogen-bond donors (Lipinski definition) is 2. The van der Waals surface area contributed by atoms with Crippen LogP contribution in [0.4, 0.5) is 0 Å². The summed E-state index contributed by atoms with van der Waals surface area (Å²) in [5.74, 6) is 0.399. The summed E-state index contributed by atoms with van der Waals surface area (Å²) in [7, 11) is -3.54. The molecule has 1 aromatic rings. The molecule has 1 aliphatic heterocycles. The fourth-order valence-corrected chi connectivity index (χ4v) is 5.33. The number of rotatable bonds is 6. The van der Waals surface area contributed by atoms with Gasteiger partial charge in [0.15, 0.2) is 0 Å². The molecule has 2 fully saturated rings. The second kappa shape index (κ2) is 8.90. The van der Waals surface area contributed by atoms with Gasteiger partial charge in [-0.3, -0.25) is 4.79 Å². The zero-order valence-electron chi connectivity index (χ0n) is 15.3. The molecule has 0 aromatic heterocycles. The van der Waals surface area contributed by atoms with Crippen LogP contribution in [-0.4, -0.2) is 50.1 Å². The molecule has 0 radical (unpaired) electrons. The quantitative estimate of drug-likeness (QED) is 0.748. The van der Waals surface area contributed by atoms with Gasteiger partial charge in [-0.2, -0.15) is 0 Å². The van der Waals surface area contributed by atoms with E-state index in [9.17, 15) is 18.3 Å². The van der Waals surface area contributed by atoms with Crippen LogP contribution in [0.1, 0.15) is 38.5 Å². The number of carbonyl (C=O) groups excluding carboxylic acids is 1. The number of amides is 1. The maximum absolute atomic E-state index is 12.7. The van der Waals surface area contributed by atoms with Crippen molar-refractivity contribution in [3.8, 4) is 0 Å². The van der Waals surface area contributed by atoms with Crippen molar-refractivity contribution in [2.45, 2.75) is 49.5 Å². The van der Waals surface area contributed by atoms with Crippen molar-refractivity contribution in [3.63, 3.8) is 0 Å². The molecule has 1 aliphatic carbocycles. The Balaban J connectivity index is 1.48. The number of sulfonamides is 1. The predicted octanol–water partition coefficient (Wildman–Crippen LogP) is 2.41. The van der Waals surface area contributed by atoms with Gasteiger partial charge in [0.2, 0.25) is 15.9 Å². The molecule has 27 heavy (non-hydrogen) atoms. The number of likely N-dealkylation sites (tertiary alicyclic amines) is 1. The van der Waals surface area contributed by atoms with E-state index in [1.807, 2.05) is 4.90 Å². The lowest BCUT2D eigenvalue weighted by Gasteiger charge is -2.32. The van der Waals surface area contributed by atoms with E-state index < -0.39 is 10.0 Å². The zero-order chi connectivity index (χ0) is 19.4. The van der Waals surface area contributed by atoms with Crippen molar-refractivity contribution in [1.82, 2.24) is 9.62 Å². The predicted molar refractivity (Wildman–Crippen MR) is 104 cm³/mol. The molecule has 1 aromatic carbocycles. The Morgan fingerprint density at radius 2 is 1.81 bits per heavy atom. The van der Waals surface area contributed by atoms with Crippen LogP contribution in [0.5, 0.6) is 0 Å². The van der Waals surface area contributed by atoms with Crippen molar-refractivity contribution in [3.05, 3.63) is 29.3 Å². The van der Waals surface area contributed by atoms with Crippen molar-refractivity contribution >= 4 is 27.5 Å². The highest BCUT2D eigenvalue weighted by Gasteiger charge is 2.34. The minimum atomic E-state index is -3.54. The largest absolute Gasteiger partial charge is 0.394 e. The van der Waals surface area contributed by atoms with Crippen LogP contribution in [0.3, 0.4) is 0 Å². The zero-order valence-corrected chi connectivity index (χ0v) is 16.9. The first-order chi connectivity index (χ1) is 12.9. The van der Waals surface area contributed by atoms with Gasteiger partial charge >= 0.3 is 0 Å². The molecule has 1 heterocycles. The lowest BCUT2D eigenvalue weighted by atomic mass is 9.81. The van der Waals surface area contributed by atoms with Gasteiger partial charge in [0.25, 0.3) is 0 Å². The Morgan fingerprint density at radius 3 is 2.44 bits per heavy atom. The molecule has 8 heteroatoms. The number of hydrogen-bond acceptors (Lipinski definition) is 4. The molecule has 1 saturated heterocycles. The van der Waals surface area contributed by atoms with Gasteiger partial charge in [-0.25, -0.2) is 13.1 Å². The molecule has 150 valence electrons. The van der Waals surface area contributed by atoms with Crippen LogP contribution >= 0.6 is 11.6 Å². The van der Waals surface area contributed by atoms with E-state index >= 15 is 0 Å². The molecule has 0 spiro atoms. The Bertz CT molecular complexity index is 745. The average Bonchev–Trinajstić information content (AvgIpc) is 3.15. The van der Waals surface area contributed by atoms with Crippen LogP contribution in [0.15, 0.2) is 29.2 Å². The smallest absolute Gasteiger partial charge is 0.240 e. The van der Waals surface area contributed by atoms with Gasteiger partial charge in [0, 0.05) is 24.0 Å². The second-order valence-corrected chi connectivity index (χ2v) is 9.74. The summed E-state index contributed by atoms with van der Waals surface area (Å²) in [5, 5.41) is 9.91. The maximum atomic E-state index is 12.7. The molecule has 2 N–H and O–H groups in total. The third-order valence-corrected chi connectivity index (χ3v) is 7.44.